The molecule has 130 valence electrons. The summed E-state index contributed by atoms with van der Waals surface area (Å²) in [4.78, 5) is 14.5. The van der Waals surface area contributed by atoms with Crippen LogP contribution in [0.25, 0.3) is 22.2 Å². The zero-order valence-electron chi connectivity index (χ0n) is 13.9. The molecular weight excluding hydrogens is 366 g/mol. The molecule has 0 atom stereocenters. The van der Waals surface area contributed by atoms with E-state index in [1.807, 2.05) is 41.8 Å². The number of pyridine rings is 1. The Balaban J connectivity index is 1.69. The Kier molecular flexibility index (Phi) is 4.63. The van der Waals surface area contributed by atoms with Crippen LogP contribution >= 0.6 is 23.1 Å². The average Bonchev–Trinajstić information content (AvgIpc) is 3.33. The van der Waals surface area contributed by atoms with Crippen molar-refractivity contribution in [2.75, 3.05) is 5.84 Å². The Hall–Kier alpha value is -2.78. The Morgan fingerprint density at radius 2 is 2.08 bits per heavy atom. The second kappa shape index (κ2) is 7.22. The third-order valence-corrected chi connectivity index (χ3v) is 5.36. The van der Waals surface area contributed by atoms with E-state index in [1.54, 1.807) is 17.5 Å². The van der Waals surface area contributed by atoms with Crippen LogP contribution in [-0.2, 0) is 6.42 Å². The maximum atomic E-state index is 6.18. The molecule has 0 radical (unpaired) electrons. The number of aryl methyl sites for hydroxylation is 1. The smallest absolute Gasteiger partial charge is 0.216 e. The molecule has 4 heterocycles. The maximum absolute atomic E-state index is 6.18. The minimum Gasteiger partial charge on any atom is -0.335 e. The minimum atomic E-state index is 0.570. The molecule has 0 aromatic carbocycles. The first-order valence-electron chi connectivity index (χ1n) is 7.96. The van der Waals surface area contributed by atoms with Gasteiger partial charge in [-0.3, -0.25) is 4.98 Å². The van der Waals surface area contributed by atoms with Crippen molar-refractivity contribution in [3.05, 3.63) is 53.7 Å². The minimum absolute atomic E-state index is 0.570. The van der Waals surface area contributed by atoms with E-state index < -0.39 is 0 Å². The molecule has 9 heteroatoms. The van der Waals surface area contributed by atoms with Gasteiger partial charge in [0.05, 0.1) is 4.88 Å². The fourth-order valence-electron chi connectivity index (χ4n) is 2.33. The van der Waals surface area contributed by atoms with Crippen molar-refractivity contribution < 1.29 is 0 Å². The number of hydrogen-bond acceptors (Lipinski definition) is 8. The molecule has 4 rings (SSSR count). The topological polar surface area (TPSA) is 95.4 Å². The summed E-state index contributed by atoms with van der Waals surface area (Å²) in [7, 11) is 0. The first-order chi connectivity index (χ1) is 12.7. The highest BCUT2D eigenvalue weighted by Gasteiger charge is 2.16. The van der Waals surface area contributed by atoms with E-state index in [-0.39, 0.29) is 0 Å². The lowest BCUT2D eigenvalue weighted by Gasteiger charge is -2.06. The molecule has 0 amide bonds. The summed E-state index contributed by atoms with van der Waals surface area (Å²) >= 11 is 2.93. The van der Waals surface area contributed by atoms with Crippen molar-refractivity contribution in [2.24, 2.45) is 0 Å². The predicted octanol–water partition coefficient (Wildman–Crippen LogP) is 3.29. The normalized spacial score (nSPS) is 11.0. The highest BCUT2D eigenvalue weighted by atomic mass is 32.2. The number of thiophene rings is 1. The van der Waals surface area contributed by atoms with Gasteiger partial charge in [0.25, 0.3) is 0 Å². The highest BCUT2D eigenvalue weighted by Crippen LogP contribution is 2.29. The molecule has 0 aliphatic carbocycles. The van der Waals surface area contributed by atoms with Crippen LogP contribution in [0.4, 0.5) is 0 Å². The van der Waals surface area contributed by atoms with Crippen LogP contribution in [0.1, 0.15) is 12.6 Å². The lowest BCUT2D eigenvalue weighted by Crippen LogP contribution is -2.11. The first kappa shape index (κ1) is 16.7. The number of nitrogen functional groups attached to an aromatic ring is 1. The highest BCUT2D eigenvalue weighted by molar-refractivity contribution is 7.99. The van der Waals surface area contributed by atoms with Crippen LogP contribution in [0.5, 0.6) is 0 Å². The fraction of sp³-hybridized carbons (Fsp3) is 0.118. The van der Waals surface area contributed by atoms with Crippen molar-refractivity contribution in [1.29, 1.82) is 0 Å². The standard InChI is InChI=1S/C17H15N7S2/c1-2-11-10-14(21-15(20-11)12-6-3-4-8-19-12)26-17-23-22-16(24(17)18)13-7-5-9-25-13/h3-10H,2,18H2,1H3. The van der Waals surface area contributed by atoms with Crippen LogP contribution in [0.2, 0.25) is 0 Å². The van der Waals surface area contributed by atoms with Crippen LogP contribution in [0.15, 0.2) is 58.2 Å². The van der Waals surface area contributed by atoms with Gasteiger partial charge in [0.15, 0.2) is 11.6 Å². The van der Waals surface area contributed by atoms with E-state index in [4.69, 9.17) is 5.84 Å². The van der Waals surface area contributed by atoms with Gasteiger partial charge in [0, 0.05) is 11.9 Å². The Morgan fingerprint density at radius 1 is 1.15 bits per heavy atom. The second-order valence-electron chi connectivity index (χ2n) is 5.35. The van der Waals surface area contributed by atoms with Gasteiger partial charge >= 0.3 is 0 Å². The van der Waals surface area contributed by atoms with Gasteiger partial charge in [-0.25, -0.2) is 14.6 Å². The lowest BCUT2D eigenvalue weighted by molar-refractivity contribution is 0.845. The van der Waals surface area contributed by atoms with Crippen molar-refractivity contribution in [3.63, 3.8) is 0 Å². The van der Waals surface area contributed by atoms with E-state index in [1.165, 1.54) is 16.4 Å². The Labute approximate surface area is 158 Å². The molecule has 0 spiro atoms. The first-order valence-corrected chi connectivity index (χ1v) is 9.66. The molecule has 4 aromatic heterocycles. The number of nitrogens with two attached hydrogens (primary N) is 1. The van der Waals surface area contributed by atoms with Gasteiger partial charge < -0.3 is 5.84 Å². The molecule has 0 saturated heterocycles. The number of nitrogens with zero attached hydrogens (tertiary/aromatic N) is 6. The zero-order chi connectivity index (χ0) is 17.9. The lowest BCUT2D eigenvalue weighted by atomic mass is 10.3. The summed E-state index contributed by atoms with van der Waals surface area (Å²) in [5.41, 5.74) is 1.67. The van der Waals surface area contributed by atoms with Crippen molar-refractivity contribution in [2.45, 2.75) is 23.5 Å². The summed E-state index contributed by atoms with van der Waals surface area (Å²) in [5.74, 6) is 7.41. The monoisotopic (exact) mass is 381 g/mol. The fourth-order valence-corrected chi connectivity index (χ4v) is 3.82. The Bertz CT molecular complexity index is 1010. The summed E-state index contributed by atoms with van der Waals surface area (Å²) in [6, 6.07) is 11.5. The molecule has 0 fully saturated rings. The van der Waals surface area contributed by atoms with Gasteiger partial charge in [0.2, 0.25) is 5.16 Å². The van der Waals surface area contributed by atoms with E-state index >= 15 is 0 Å². The molecule has 2 N–H and O–H groups in total. The molecule has 0 unspecified atom stereocenters. The summed E-state index contributed by atoms with van der Waals surface area (Å²) in [5, 5.41) is 11.7. The van der Waals surface area contributed by atoms with Gasteiger partial charge in [-0.15, -0.1) is 21.5 Å². The molecule has 0 saturated carbocycles. The van der Waals surface area contributed by atoms with Crippen molar-refractivity contribution >= 4 is 23.1 Å². The zero-order valence-corrected chi connectivity index (χ0v) is 15.5. The average molecular weight is 381 g/mol. The van der Waals surface area contributed by atoms with Crippen molar-refractivity contribution in [1.82, 2.24) is 29.8 Å². The second-order valence-corrected chi connectivity index (χ2v) is 7.28. The van der Waals surface area contributed by atoms with Crippen LogP contribution in [0, 0.1) is 0 Å². The summed E-state index contributed by atoms with van der Waals surface area (Å²) in [6.45, 7) is 2.05. The van der Waals surface area contributed by atoms with Gasteiger partial charge in [-0.2, -0.15) is 0 Å². The Morgan fingerprint density at radius 3 is 2.81 bits per heavy atom. The molecule has 0 aliphatic heterocycles. The molecule has 0 bridgehead atoms. The quantitative estimate of drug-likeness (QED) is 0.418. The van der Waals surface area contributed by atoms with E-state index in [9.17, 15) is 0 Å². The molecular formula is C17H15N7S2. The maximum Gasteiger partial charge on any atom is 0.216 e. The van der Waals surface area contributed by atoms with Gasteiger partial charge in [-0.05, 0) is 47.8 Å². The van der Waals surface area contributed by atoms with E-state index in [0.29, 0.717) is 16.8 Å². The molecule has 7 nitrogen and oxygen atoms in total. The summed E-state index contributed by atoms with van der Waals surface area (Å²) < 4.78 is 1.49. The van der Waals surface area contributed by atoms with E-state index in [2.05, 4.69) is 32.1 Å². The molecule has 4 aromatic rings. The summed E-state index contributed by atoms with van der Waals surface area (Å²) in [6.07, 6.45) is 2.53. The van der Waals surface area contributed by atoms with Crippen LogP contribution in [-0.4, -0.2) is 29.8 Å². The number of rotatable bonds is 5. The predicted molar refractivity (Wildman–Crippen MR) is 102 cm³/mol. The number of aromatic nitrogens is 6. The molecule has 26 heavy (non-hydrogen) atoms. The van der Waals surface area contributed by atoms with Crippen molar-refractivity contribution in [3.8, 4) is 22.2 Å². The number of hydrogen-bond donors (Lipinski definition) is 1. The van der Waals surface area contributed by atoms with Crippen LogP contribution < -0.4 is 5.84 Å². The molecule has 0 aliphatic rings. The van der Waals surface area contributed by atoms with Gasteiger partial charge in [0.1, 0.15) is 10.7 Å². The third kappa shape index (κ3) is 3.31. The van der Waals surface area contributed by atoms with Gasteiger partial charge in [-0.1, -0.05) is 19.1 Å². The van der Waals surface area contributed by atoms with E-state index in [0.717, 1.165) is 27.7 Å². The SMILES string of the molecule is CCc1cc(Sc2nnc(-c3cccs3)n2N)nc(-c2ccccn2)n1. The largest absolute Gasteiger partial charge is 0.335 e. The third-order valence-electron chi connectivity index (χ3n) is 3.61. The van der Waals surface area contributed by atoms with Crippen LogP contribution in [0.3, 0.4) is 0 Å².